The summed E-state index contributed by atoms with van der Waals surface area (Å²) in [7, 11) is -3.70. The summed E-state index contributed by atoms with van der Waals surface area (Å²) in [6, 6.07) is 15.1. The molecule has 2 rings (SSSR count). The van der Waals surface area contributed by atoms with Crippen molar-refractivity contribution in [2.45, 2.75) is 44.7 Å². The molecule has 0 aliphatic carbocycles. The Bertz CT molecular complexity index is 794. The number of carbonyl (C=O) groups excluding carboxylic acids is 1. The van der Waals surface area contributed by atoms with E-state index in [1.807, 2.05) is 30.3 Å². The van der Waals surface area contributed by atoms with Crippen molar-refractivity contribution in [2.24, 2.45) is 11.1 Å². The van der Waals surface area contributed by atoms with Gasteiger partial charge in [0.15, 0.2) is 0 Å². The van der Waals surface area contributed by atoms with Crippen molar-refractivity contribution in [3.05, 3.63) is 59.5 Å². The van der Waals surface area contributed by atoms with Crippen molar-refractivity contribution in [2.75, 3.05) is 0 Å². The van der Waals surface area contributed by atoms with E-state index in [2.05, 4.69) is 5.18 Å². The Hall–Kier alpha value is -2.10. The molecular weight excluding hydrogens is 380 g/mol. The van der Waals surface area contributed by atoms with Crippen molar-refractivity contribution in [3.63, 3.8) is 0 Å². The Morgan fingerprint density at radius 3 is 1.96 bits per heavy atom. The van der Waals surface area contributed by atoms with Crippen LogP contribution in [0.2, 0.25) is 0 Å². The minimum absolute atomic E-state index is 0.178. The quantitative estimate of drug-likeness (QED) is 0.453. The second-order valence-corrected chi connectivity index (χ2v) is 8.84. The Morgan fingerprint density at radius 1 is 0.964 bits per heavy atom. The zero-order chi connectivity index (χ0) is 20.9. The van der Waals surface area contributed by atoms with Gasteiger partial charge in [-0.1, -0.05) is 71.6 Å². The molecule has 2 aromatic rings. The number of rotatable bonds is 8. The second-order valence-electron chi connectivity index (χ2n) is 6.97. The van der Waals surface area contributed by atoms with Crippen LogP contribution in [-0.2, 0) is 9.63 Å². The molecule has 152 valence electrons. The lowest BCUT2D eigenvalue weighted by Gasteiger charge is -2.45. The highest BCUT2D eigenvalue weighted by Gasteiger charge is 2.40. The molecule has 8 heteroatoms. The van der Waals surface area contributed by atoms with Crippen molar-refractivity contribution in [3.8, 4) is 11.1 Å². The Morgan fingerprint density at radius 2 is 1.50 bits per heavy atom. The largest absolute Gasteiger partial charge is 0.307 e. The van der Waals surface area contributed by atoms with Crippen molar-refractivity contribution in [1.82, 2.24) is 4.47 Å². The maximum absolute atomic E-state index is 12.1. The molecule has 1 atom stereocenters. The molecule has 0 saturated heterocycles. The van der Waals surface area contributed by atoms with Gasteiger partial charge < -0.3 is 0 Å². The minimum Gasteiger partial charge on any atom is -0.280 e. The highest BCUT2D eigenvalue weighted by atomic mass is 32.3. The third-order valence-electron chi connectivity index (χ3n) is 4.04. The number of hydrogen-bond acceptors (Lipinski definition) is 6. The van der Waals surface area contributed by atoms with Crippen molar-refractivity contribution in [1.29, 1.82) is 0 Å². The van der Waals surface area contributed by atoms with E-state index in [-0.39, 0.29) is 4.90 Å². The summed E-state index contributed by atoms with van der Waals surface area (Å²) in [4.78, 5) is 28.7. The lowest BCUT2D eigenvalue weighted by molar-refractivity contribution is -0.168. The van der Waals surface area contributed by atoms with E-state index in [1.165, 1.54) is 0 Å². The number of hydrogen-bond donors (Lipinski definition) is 2. The van der Waals surface area contributed by atoms with Crippen molar-refractivity contribution < 1.29 is 18.7 Å². The topological polar surface area (TPSA) is 99.4 Å². The van der Waals surface area contributed by atoms with Gasteiger partial charge in [-0.3, -0.25) is 18.7 Å². The molecule has 0 saturated carbocycles. The summed E-state index contributed by atoms with van der Waals surface area (Å²) in [6.07, 6.45) is -0.449. The number of hydroxylamine groups is 1. The highest BCUT2D eigenvalue weighted by Crippen LogP contribution is 2.54. The van der Waals surface area contributed by atoms with Crippen LogP contribution in [0.5, 0.6) is 0 Å². The molecule has 0 spiro atoms. The first-order valence-electron chi connectivity index (χ1n) is 8.95. The number of nitroso groups, excluding NO2 is 1. The normalized spacial score (nSPS) is 13.8. The van der Waals surface area contributed by atoms with E-state index < -0.39 is 34.7 Å². The smallest absolute Gasteiger partial charge is 0.280 e. The van der Waals surface area contributed by atoms with E-state index >= 15 is 0 Å². The van der Waals surface area contributed by atoms with Gasteiger partial charge in [0.2, 0.25) is 0 Å². The summed E-state index contributed by atoms with van der Waals surface area (Å²) in [5.41, 5.74) is 1.89. The van der Waals surface area contributed by atoms with Gasteiger partial charge >= 0.3 is 5.91 Å². The molecule has 0 aliphatic rings. The molecule has 0 bridgehead atoms. The number of benzene rings is 2. The van der Waals surface area contributed by atoms with Crippen molar-refractivity contribution >= 4 is 16.7 Å². The molecule has 2 aromatic carbocycles. The van der Waals surface area contributed by atoms with Gasteiger partial charge in [0.05, 0.1) is 11.0 Å². The summed E-state index contributed by atoms with van der Waals surface area (Å²) >= 11 is 0. The third-order valence-corrected chi connectivity index (χ3v) is 5.76. The molecule has 0 aromatic heterocycles. The standard InChI is InChI=1S/C20H26N2O5S/c1-14(2)19(20(23)21-24)22(27-15(3)4)28(25,26)18-12-10-17(11-13-18)16-8-6-5-7-9-16/h5-15,19,25-26H,1-4H3. The highest BCUT2D eigenvalue weighted by molar-refractivity contribution is 8.22. The third kappa shape index (κ3) is 5.03. The average Bonchev–Trinajstić information content (AvgIpc) is 2.67. The van der Waals surface area contributed by atoms with Gasteiger partial charge in [-0.05, 0) is 43.0 Å². The van der Waals surface area contributed by atoms with Crippen LogP contribution >= 0.6 is 10.8 Å². The first-order valence-corrected chi connectivity index (χ1v) is 10.5. The van der Waals surface area contributed by atoms with Crippen LogP contribution in [-0.4, -0.2) is 31.6 Å². The second kappa shape index (κ2) is 9.40. The van der Waals surface area contributed by atoms with Gasteiger partial charge in [-0.2, -0.15) is 0 Å². The van der Waals surface area contributed by atoms with Crippen LogP contribution in [0.15, 0.2) is 64.7 Å². The molecule has 0 heterocycles. The SMILES string of the molecule is CC(C)ON(C(C(=O)N=O)C(C)C)S(O)(O)c1ccc(-c2ccccc2)cc1. The molecule has 0 radical (unpaired) electrons. The summed E-state index contributed by atoms with van der Waals surface area (Å²) in [5.74, 6) is -1.45. The molecule has 0 aliphatic heterocycles. The van der Waals surface area contributed by atoms with Crippen LogP contribution in [0.4, 0.5) is 0 Å². The maximum Gasteiger partial charge on any atom is 0.307 e. The van der Waals surface area contributed by atoms with E-state index in [1.54, 1.807) is 52.0 Å². The average molecular weight is 407 g/mol. The first kappa shape index (κ1) is 22.2. The zero-order valence-electron chi connectivity index (χ0n) is 16.4. The molecule has 7 nitrogen and oxygen atoms in total. The summed E-state index contributed by atoms with van der Waals surface area (Å²) < 4.78 is 22.8. The predicted molar refractivity (Wildman–Crippen MR) is 110 cm³/mol. The molecular formula is C20H26N2O5S. The monoisotopic (exact) mass is 406 g/mol. The Labute approximate surface area is 166 Å². The molecule has 0 fully saturated rings. The van der Waals surface area contributed by atoms with E-state index in [9.17, 15) is 18.8 Å². The Kier molecular flexibility index (Phi) is 7.45. The van der Waals surface area contributed by atoms with Gasteiger partial charge in [-0.25, -0.2) is 0 Å². The van der Waals surface area contributed by atoms with Crippen LogP contribution in [0.3, 0.4) is 0 Å². The fourth-order valence-electron chi connectivity index (χ4n) is 2.73. The van der Waals surface area contributed by atoms with Crippen LogP contribution in [0.1, 0.15) is 27.7 Å². The number of amides is 1. The fourth-order valence-corrected chi connectivity index (χ4v) is 4.38. The number of carbonyl (C=O) groups is 1. The zero-order valence-corrected chi connectivity index (χ0v) is 17.2. The lowest BCUT2D eigenvalue weighted by Crippen LogP contribution is -2.46. The van der Waals surface area contributed by atoms with Crippen LogP contribution < -0.4 is 0 Å². The van der Waals surface area contributed by atoms with Gasteiger partial charge in [0.25, 0.3) is 0 Å². The fraction of sp³-hybridized carbons (Fsp3) is 0.350. The van der Waals surface area contributed by atoms with E-state index in [4.69, 9.17) is 4.84 Å². The molecule has 2 N–H and O–H groups in total. The summed E-state index contributed by atoms with van der Waals surface area (Å²) in [6.45, 7) is 6.74. The van der Waals surface area contributed by atoms with Gasteiger partial charge in [0, 0.05) is 5.18 Å². The predicted octanol–water partition coefficient (Wildman–Crippen LogP) is 5.34. The number of nitrogens with zero attached hydrogens (tertiary/aromatic N) is 2. The van der Waals surface area contributed by atoms with Gasteiger partial charge in [0.1, 0.15) is 6.04 Å². The molecule has 1 amide bonds. The van der Waals surface area contributed by atoms with E-state index in [0.717, 1.165) is 15.6 Å². The summed E-state index contributed by atoms with van der Waals surface area (Å²) in [5, 5.41) is 2.48. The maximum atomic E-state index is 12.1. The van der Waals surface area contributed by atoms with Crippen LogP contribution in [0, 0.1) is 10.8 Å². The Balaban J connectivity index is 2.43. The van der Waals surface area contributed by atoms with Crippen LogP contribution in [0.25, 0.3) is 11.1 Å². The van der Waals surface area contributed by atoms with E-state index in [0.29, 0.717) is 0 Å². The molecule has 1 unspecified atom stereocenters. The minimum atomic E-state index is -3.70. The lowest BCUT2D eigenvalue weighted by atomic mass is 10.1. The first-order chi connectivity index (χ1) is 13.2. The molecule has 28 heavy (non-hydrogen) atoms. The van der Waals surface area contributed by atoms with Gasteiger partial charge in [-0.15, -0.1) is 4.91 Å².